The molecule has 0 radical (unpaired) electrons. The van der Waals surface area contributed by atoms with Gasteiger partial charge in [-0.05, 0) is 37.8 Å². The van der Waals surface area contributed by atoms with Gasteiger partial charge in [0.25, 0.3) is 12.3 Å². The molecule has 10 nitrogen and oxygen atoms in total. The Bertz CT molecular complexity index is 1020. The third kappa shape index (κ3) is 5.05. The number of amides is 2. The lowest BCUT2D eigenvalue weighted by atomic mass is 9.88. The van der Waals surface area contributed by atoms with Gasteiger partial charge in [-0.3, -0.25) is 14.5 Å². The average molecular weight is 463 g/mol. The van der Waals surface area contributed by atoms with Crippen molar-refractivity contribution in [2.24, 2.45) is 11.5 Å². The summed E-state index contributed by atoms with van der Waals surface area (Å²) in [7, 11) is 0. The van der Waals surface area contributed by atoms with Crippen molar-refractivity contribution in [2.75, 3.05) is 31.6 Å². The summed E-state index contributed by atoms with van der Waals surface area (Å²) in [6.45, 7) is -0.232. The summed E-state index contributed by atoms with van der Waals surface area (Å²) in [5.74, 6) is 0.139. The smallest absolute Gasteiger partial charge is 0.409 e. The molecule has 5 N–H and O–H groups in total. The molecule has 2 fully saturated rings. The second kappa shape index (κ2) is 9.30. The molecule has 1 saturated carbocycles. The van der Waals surface area contributed by atoms with Gasteiger partial charge < -0.3 is 26.4 Å². The topological polar surface area (TPSA) is 141 Å². The maximum atomic E-state index is 12.3. The van der Waals surface area contributed by atoms with Crippen LogP contribution in [0.15, 0.2) is 24.5 Å². The zero-order valence-corrected chi connectivity index (χ0v) is 18.0. The van der Waals surface area contributed by atoms with E-state index in [0.717, 1.165) is 24.2 Å². The number of piperidine rings is 1. The fourth-order valence-electron chi connectivity index (χ4n) is 4.01. The Morgan fingerprint density at radius 2 is 2.03 bits per heavy atom. The number of carbonyl (C=O) groups is 2. The van der Waals surface area contributed by atoms with Crippen LogP contribution in [-0.4, -0.2) is 64.3 Å². The molecule has 1 aliphatic heterocycles. The first-order valence-corrected chi connectivity index (χ1v) is 10.8. The highest BCUT2D eigenvalue weighted by Gasteiger charge is 2.39. The molecule has 0 spiro atoms. The van der Waals surface area contributed by atoms with Gasteiger partial charge in [-0.1, -0.05) is 0 Å². The molecule has 12 heteroatoms. The third-order valence-electron chi connectivity index (χ3n) is 6.17. The molecule has 33 heavy (non-hydrogen) atoms. The molecule has 178 valence electrons. The van der Waals surface area contributed by atoms with Gasteiger partial charge in [0.1, 0.15) is 5.56 Å². The normalized spacial score (nSPS) is 17.8. The summed E-state index contributed by atoms with van der Waals surface area (Å²) in [6.07, 6.45) is 2.82. The second-order valence-electron chi connectivity index (χ2n) is 8.45. The van der Waals surface area contributed by atoms with E-state index in [1.54, 1.807) is 23.1 Å². The zero-order valence-electron chi connectivity index (χ0n) is 18.0. The predicted octanol–water partition coefficient (Wildman–Crippen LogP) is 2.15. The molecule has 1 saturated heterocycles. The van der Waals surface area contributed by atoms with Crippen LogP contribution >= 0.6 is 0 Å². The molecular weight excluding hydrogens is 436 g/mol. The van der Waals surface area contributed by atoms with Crippen LogP contribution in [0.3, 0.4) is 0 Å². The number of likely N-dealkylation sites (tertiary alicyclic amines) is 1. The van der Waals surface area contributed by atoms with E-state index >= 15 is 0 Å². The van der Waals surface area contributed by atoms with Crippen molar-refractivity contribution in [1.29, 1.82) is 0 Å². The summed E-state index contributed by atoms with van der Waals surface area (Å²) in [5.41, 5.74) is 13.0. The first-order chi connectivity index (χ1) is 15.8. The fourth-order valence-corrected chi connectivity index (χ4v) is 4.01. The number of rotatable bonds is 8. The number of primary amides is 1. The zero-order chi connectivity index (χ0) is 23.6. The van der Waals surface area contributed by atoms with Gasteiger partial charge in [-0.2, -0.15) is 5.10 Å². The monoisotopic (exact) mass is 463 g/mol. The van der Waals surface area contributed by atoms with E-state index in [0.29, 0.717) is 24.6 Å². The number of hydrogen-bond donors (Lipinski definition) is 3. The van der Waals surface area contributed by atoms with Crippen molar-refractivity contribution < 1.29 is 23.1 Å². The standard InChI is InChI=1S/C21H27F2N7O3/c22-17(23)11-33-20(32)29-7-4-21(12-24,5-8-29)30-10-15(18(25)31)19(28-30)27-14-3-6-26-16(9-14)13-1-2-13/h3,6,9-10,13,17H,1-2,4-5,7-8,11-12,24H2,(H2,25,31)(H,26,27,28). The van der Waals surface area contributed by atoms with Crippen molar-refractivity contribution in [3.63, 3.8) is 0 Å². The maximum absolute atomic E-state index is 12.3. The van der Waals surface area contributed by atoms with Crippen LogP contribution in [0.2, 0.25) is 0 Å². The van der Waals surface area contributed by atoms with Gasteiger partial charge >= 0.3 is 6.09 Å². The number of aromatic nitrogens is 3. The van der Waals surface area contributed by atoms with Gasteiger partial charge in [0.05, 0.1) is 5.54 Å². The van der Waals surface area contributed by atoms with Gasteiger partial charge in [0.15, 0.2) is 12.4 Å². The highest BCUT2D eigenvalue weighted by atomic mass is 19.3. The molecule has 2 aromatic rings. The SMILES string of the molecule is NCC1(n2cc(C(N)=O)c(Nc3ccnc(C4CC4)c3)n2)CCN(C(=O)OCC(F)F)CC1. The number of ether oxygens (including phenoxy) is 1. The van der Waals surface area contributed by atoms with Crippen LogP contribution in [-0.2, 0) is 10.3 Å². The van der Waals surface area contributed by atoms with E-state index in [1.165, 1.54) is 4.90 Å². The number of nitrogens with two attached hydrogens (primary N) is 2. The highest BCUT2D eigenvalue weighted by Crippen LogP contribution is 2.40. The molecule has 0 bridgehead atoms. The van der Waals surface area contributed by atoms with Crippen LogP contribution in [0.25, 0.3) is 0 Å². The van der Waals surface area contributed by atoms with Crippen LogP contribution in [0.4, 0.5) is 25.1 Å². The Balaban J connectivity index is 1.51. The Morgan fingerprint density at radius 3 is 2.64 bits per heavy atom. The van der Waals surface area contributed by atoms with Gasteiger partial charge in [-0.25, -0.2) is 13.6 Å². The van der Waals surface area contributed by atoms with E-state index in [2.05, 4.69) is 20.1 Å². The first-order valence-electron chi connectivity index (χ1n) is 10.8. The minimum atomic E-state index is -2.72. The Kier molecular flexibility index (Phi) is 6.45. The molecule has 2 aromatic heterocycles. The molecule has 1 aliphatic carbocycles. The third-order valence-corrected chi connectivity index (χ3v) is 6.17. The van der Waals surface area contributed by atoms with Gasteiger partial charge in [0, 0.05) is 49.3 Å². The van der Waals surface area contributed by atoms with E-state index in [-0.39, 0.29) is 25.2 Å². The van der Waals surface area contributed by atoms with Crippen LogP contribution in [0.5, 0.6) is 0 Å². The van der Waals surface area contributed by atoms with E-state index in [1.807, 2.05) is 6.07 Å². The lowest BCUT2D eigenvalue weighted by Crippen LogP contribution is -2.52. The summed E-state index contributed by atoms with van der Waals surface area (Å²) in [5, 5.41) is 7.75. The van der Waals surface area contributed by atoms with Crippen LogP contribution in [0, 0.1) is 0 Å². The molecule has 3 heterocycles. The summed E-state index contributed by atoms with van der Waals surface area (Å²) in [6, 6.07) is 3.72. The molecule has 0 aromatic carbocycles. The number of nitrogens with zero attached hydrogens (tertiary/aromatic N) is 4. The van der Waals surface area contributed by atoms with Crippen LogP contribution < -0.4 is 16.8 Å². The number of alkyl halides is 2. The van der Waals surface area contributed by atoms with Gasteiger partial charge in [0.2, 0.25) is 0 Å². The first kappa shape index (κ1) is 22.9. The van der Waals surface area contributed by atoms with Crippen LogP contribution in [0.1, 0.15) is 47.7 Å². The van der Waals surface area contributed by atoms with E-state index in [4.69, 9.17) is 11.5 Å². The van der Waals surface area contributed by atoms with Crippen molar-refractivity contribution in [3.8, 4) is 0 Å². The summed E-state index contributed by atoms with van der Waals surface area (Å²) >= 11 is 0. The molecular formula is C21H27F2N7O3. The molecule has 0 unspecified atom stereocenters. The van der Waals surface area contributed by atoms with Gasteiger partial charge in [-0.15, -0.1) is 0 Å². The van der Waals surface area contributed by atoms with E-state index in [9.17, 15) is 18.4 Å². The number of halogens is 2. The number of anilines is 2. The minimum Gasteiger partial charge on any atom is -0.443 e. The van der Waals surface area contributed by atoms with Crippen molar-refractivity contribution in [2.45, 2.75) is 43.6 Å². The van der Waals surface area contributed by atoms with Crippen molar-refractivity contribution >= 4 is 23.5 Å². The van der Waals surface area contributed by atoms with Crippen molar-refractivity contribution in [3.05, 3.63) is 35.8 Å². The summed E-state index contributed by atoms with van der Waals surface area (Å²) in [4.78, 5) is 29.9. The Morgan fingerprint density at radius 1 is 1.30 bits per heavy atom. The second-order valence-corrected chi connectivity index (χ2v) is 8.45. The fraction of sp³-hybridized carbons (Fsp3) is 0.524. The quantitative estimate of drug-likeness (QED) is 0.545. The number of pyridine rings is 1. The average Bonchev–Trinajstić information content (AvgIpc) is 3.57. The maximum Gasteiger partial charge on any atom is 0.409 e. The lowest BCUT2D eigenvalue weighted by Gasteiger charge is -2.40. The molecule has 0 atom stereocenters. The Hall–Kier alpha value is -3.28. The predicted molar refractivity (Wildman–Crippen MR) is 115 cm³/mol. The van der Waals surface area contributed by atoms with E-state index < -0.39 is 30.6 Å². The number of hydrogen-bond acceptors (Lipinski definition) is 7. The lowest BCUT2D eigenvalue weighted by molar-refractivity contribution is 0.0207. The Labute approximate surface area is 189 Å². The summed E-state index contributed by atoms with van der Waals surface area (Å²) < 4.78 is 30.9. The molecule has 2 amide bonds. The number of nitrogens with one attached hydrogen (secondary N) is 1. The highest BCUT2D eigenvalue weighted by molar-refractivity contribution is 5.98. The largest absolute Gasteiger partial charge is 0.443 e. The van der Waals surface area contributed by atoms with Crippen molar-refractivity contribution in [1.82, 2.24) is 19.7 Å². The molecule has 2 aliphatic rings. The number of carbonyl (C=O) groups excluding carboxylic acids is 2. The minimum absolute atomic E-state index is 0.202. The molecule has 4 rings (SSSR count).